The van der Waals surface area contributed by atoms with Crippen molar-refractivity contribution in [3.63, 3.8) is 0 Å². The summed E-state index contributed by atoms with van der Waals surface area (Å²) in [6.45, 7) is 7.53. The van der Waals surface area contributed by atoms with E-state index in [9.17, 15) is 19.5 Å². The van der Waals surface area contributed by atoms with E-state index >= 15 is 0 Å². The molecule has 1 aromatic carbocycles. The lowest BCUT2D eigenvalue weighted by molar-refractivity contribution is -0.142. The van der Waals surface area contributed by atoms with Crippen LogP contribution < -0.4 is 4.74 Å². The molecule has 0 radical (unpaired) electrons. The van der Waals surface area contributed by atoms with Crippen molar-refractivity contribution in [3.8, 4) is 5.75 Å². The molecular weight excluding hydrogens is 474 g/mol. The summed E-state index contributed by atoms with van der Waals surface area (Å²) in [6, 6.07) is 9.27. The summed E-state index contributed by atoms with van der Waals surface area (Å²) in [5.41, 5.74) is 1.08. The minimum Gasteiger partial charge on any atom is -0.507 e. The van der Waals surface area contributed by atoms with Gasteiger partial charge in [0.15, 0.2) is 0 Å². The Kier molecular flexibility index (Phi) is 8.11. The Balaban J connectivity index is 1.66. The van der Waals surface area contributed by atoms with Gasteiger partial charge in [-0.05, 0) is 61.6 Å². The zero-order valence-electron chi connectivity index (χ0n) is 21.4. The highest BCUT2D eigenvalue weighted by Gasteiger charge is 2.49. The van der Waals surface area contributed by atoms with Gasteiger partial charge < -0.3 is 24.4 Å². The van der Waals surface area contributed by atoms with Gasteiger partial charge in [-0.3, -0.25) is 14.6 Å². The molecule has 196 valence electrons. The molecule has 2 amide bonds. The van der Waals surface area contributed by atoms with Gasteiger partial charge in [-0.2, -0.15) is 0 Å². The maximum Gasteiger partial charge on any atom is 0.409 e. The number of aliphatic hydroxyl groups is 1. The van der Waals surface area contributed by atoms with Crippen molar-refractivity contribution in [1.29, 1.82) is 0 Å². The predicted octanol–water partition coefficient (Wildman–Crippen LogP) is 4.16. The number of likely N-dealkylation sites (tertiary alicyclic amines) is 2. The molecule has 2 saturated heterocycles. The van der Waals surface area contributed by atoms with Gasteiger partial charge in [0, 0.05) is 37.1 Å². The predicted molar refractivity (Wildman–Crippen MR) is 137 cm³/mol. The number of Topliss-reactive ketones (excluding diaryl/α,β-unsaturated/α-hetero) is 1. The topological polar surface area (TPSA) is 109 Å². The van der Waals surface area contributed by atoms with Crippen molar-refractivity contribution in [3.05, 3.63) is 65.5 Å². The number of ether oxygens (including phenoxy) is 2. The smallest absolute Gasteiger partial charge is 0.409 e. The van der Waals surface area contributed by atoms with Crippen LogP contribution >= 0.6 is 0 Å². The van der Waals surface area contributed by atoms with Crippen molar-refractivity contribution >= 4 is 23.5 Å². The minimum atomic E-state index is -0.787. The molecule has 0 saturated carbocycles. The molecule has 2 aromatic rings. The standard InChI is InChI=1S/C28H33N3O6/c1-4-36-28(35)30-14-11-21(12-15-30)31-24(20-6-5-13-29-16-20)23(26(33)27(31)34)25(32)19-7-9-22(10-8-19)37-17-18(2)3/h5-10,13,16,18,21,24,32H,4,11-12,14-15,17H2,1-3H3/b25-23+. The number of benzene rings is 1. The van der Waals surface area contributed by atoms with Gasteiger partial charge in [0.05, 0.1) is 24.8 Å². The van der Waals surface area contributed by atoms with Crippen molar-refractivity contribution in [2.75, 3.05) is 26.3 Å². The lowest BCUT2D eigenvalue weighted by Gasteiger charge is -2.38. The molecule has 2 fully saturated rings. The number of piperidine rings is 1. The first-order valence-corrected chi connectivity index (χ1v) is 12.7. The number of aromatic nitrogens is 1. The van der Waals surface area contributed by atoms with Crippen LogP contribution in [0.25, 0.3) is 5.76 Å². The highest BCUT2D eigenvalue weighted by Crippen LogP contribution is 2.42. The summed E-state index contributed by atoms with van der Waals surface area (Å²) in [5.74, 6) is -0.620. The van der Waals surface area contributed by atoms with Crippen molar-refractivity contribution in [2.24, 2.45) is 5.92 Å². The molecule has 1 aromatic heterocycles. The summed E-state index contributed by atoms with van der Waals surface area (Å²) in [6.07, 6.45) is 3.82. The van der Waals surface area contributed by atoms with Crippen LogP contribution in [-0.4, -0.2) is 70.0 Å². The second kappa shape index (κ2) is 11.5. The number of hydrogen-bond acceptors (Lipinski definition) is 7. The molecule has 1 unspecified atom stereocenters. The molecular formula is C28H33N3O6. The second-order valence-corrected chi connectivity index (χ2v) is 9.64. The summed E-state index contributed by atoms with van der Waals surface area (Å²) < 4.78 is 10.8. The zero-order valence-corrected chi connectivity index (χ0v) is 21.4. The van der Waals surface area contributed by atoms with Crippen LogP contribution in [0.3, 0.4) is 0 Å². The van der Waals surface area contributed by atoms with Crippen LogP contribution in [0.4, 0.5) is 4.79 Å². The Morgan fingerprint density at radius 3 is 2.43 bits per heavy atom. The average Bonchev–Trinajstić information content (AvgIpc) is 3.18. The summed E-state index contributed by atoms with van der Waals surface area (Å²) in [7, 11) is 0. The monoisotopic (exact) mass is 507 g/mol. The lowest BCUT2D eigenvalue weighted by Crippen LogP contribution is -2.48. The number of carbonyl (C=O) groups excluding carboxylic acids is 3. The van der Waals surface area contributed by atoms with Crippen LogP contribution in [0.5, 0.6) is 5.75 Å². The lowest BCUT2D eigenvalue weighted by atomic mass is 9.94. The van der Waals surface area contributed by atoms with Gasteiger partial charge in [-0.1, -0.05) is 19.9 Å². The number of hydrogen-bond donors (Lipinski definition) is 1. The van der Waals surface area contributed by atoms with E-state index in [-0.39, 0.29) is 23.5 Å². The van der Waals surface area contributed by atoms with Gasteiger partial charge in [-0.15, -0.1) is 0 Å². The van der Waals surface area contributed by atoms with E-state index in [2.05, 4.69) is 18.8 Å². The van der Waals surface area contributed by atoms with Crippen molar-refractivity contribution in [2.45, 2.75) is 45.7 Å². The quantitative estimate of drug-likeness (QED) is 0.340. The van der Waals surface area contributed by atoms with E-state index < -0.39 is 17.7 Å². The summed E-state index contributed by atoms with van der Waals surface area (Å²) in [4.78, 5) is 46.1. The molecule has 0 aliphatic carbocycles. The molecule has 2 aliphatic rings. The number of pyridine rings is 1. The third kappa shape index (κ3) is 5.60. The van der Waals surface area contributed by atoms with E-state index in [0.29, 0.717) is 61.9 Å². The van der Waals surface area contributed by atoms with Gasteiger partial charge in [-0.25, -0.2) is 4.79 Å². The first-order chi connectivity index (χ1) is 17.8. The fourth-order valence-corrected chi connectivity index (χ4v) is 4.76. The van der Waals surface area contributed by atoms with Crippen LogP contribution in [0.15, 0.2) is 54.4 Å². The van der Waals surface area contributed by atoms with E-state index in [4.69, 9.17) is 9.47 Å². The minimum absolute atomic E-state index is 0.0293. The van der Waals surface area contributed by atoms with Crippen molar-refractivity contribution in [1.82, 2.24) is 14.8 Å². The first-order valence-electron chi connectivity index (χ1n) is 12.7. The SMILES string of the molecule is CCOC(=O)N1CCC(N2C(=O)C(=O)/C(=C(/O)c3ccc(OCC(C)C)cc3)C2c2cccnc2)CC1. The zero-order chi connectivity index (χ0) is 26.5. The van der Waals surface area contributed by atoms with Crippen molar-refractivity contribution < 1.29 is 29.0 Å². The Morgan fingerprint density at radius 1 is 1.14 bits per heavy atom. The number of rotatable bonds is 7. The summed E-state index contributed by atoms with van der Waals surface area (Å²) >= 11 is 0. The number of carbonyl (C=O) groups is 3. The maximum absolute atomic E-state index is 13.3. The fourth-order valence-electron chi connectivity index (χ4n) is 4.76. The van der Waals surface area contributed by atoms with E-state index in [1.54, 1.807) is 65.5 Å². The number of amides is 2. The van der Waals surface area contributed by atoms with Crippen LogP contribution in [0.2, 0.25) is 0 Å². The molecule has 0 spiro atoms. The molecule has 1 atom stereocenters. The number of aliphatic hydroxyl groups excluding tert-OH is 1. The van der Waals surface area contributed by atoms with E-state index in [1.165, 1.54) is 0 Å². The average molecular weight is 508 g/mol. The van der Waals surface area contributed by atoms with E-state index in [0.717, 1.165) is 0 Å². The second-order valence-electron chi connectivity index (χ2n) is 9.64. The first kappa shape index (κ1) is 26.2. The normalized spacial score (nSPS) is 19.9. The highest BCUT2D eigenvalue weighted by molar-refractivity contribution is 6.46. The van der Waals surface area contributed by atoms with Gasteiger partial charge >= 0.3 is 6.09 Å². The Morgan fingerprint density at radius 2 is 1.84 bits per heavy atom. The number of nitrogens with zero attached hydrogens (tertiary/aromatic N) is 3. The third-order valence-corrected chi connectivity index (χ3v) is 6.58. The molecule has 4 rings (SSSR count). The Bertz CT molecular complexity index is 1150. The molecule has 2 aliphatic heterocycles. The third-order valence-electron chi connectivity index (χ3n) is 6.58. The van der Waals surface area contributed by atoms with Crippen LogP contribution in [-0.2, 0) is 14.3 Å². The van der Waals surface area contributed by atoms with Gasteiger partial charge in [0.2, 0.25) is 0 Å². The molecule has 1 N–H and O–H groups in total. The Labute approximate surface area is 216 Å². The Hall–Kier alpha value is -3.88. The highest BCUT2D eigenvalue weighted by atomic mass is 16.6. The van der Waals surface area contributed by atoms with E-state index in [1.807, 2.05) is 0 Å². The van der Waals surface area contributed by atoms with Gasteiger partial charge in [0.1, 0.15) is 11.5 Å². The fraction of sp³-hybridized carbons (Fsp3) is 0.429. The molecule has 9 heteroatoms. The molecule has 9 nitrogen and oxygen atoms in total. The number of ketones is 1. The summed E-state index contributed by atoms with van der Waals surface area (Å²) in [5, 5.41) is 11.3. The molecule has 3 heterocycles. The molecule has 37 heavy (non-hydrogen) atoms. The van der Waals surface area contributed by atoms with Gasteiger partial charge in [0.25, 0.3) is 11.7 Å². The van der Waals surface area contributed by atoms with Crippen LogP contribution in [0, 0.1) is 5.92 Å². The van der Waals surface area contributed by atoms with Crippen LogP contribution in [0.1, 0.15) is 50.8 Å². The maximum atomic E-state index is 13.3. The largest absolute Gasteiger partial charge is 0.507 e. The molecule has 0 bridgehead atoms.